The number of rotatable bonds is 2. The third-order valence-electron chi connectivity index (χ3n) is 2.15. The highest BCUT2D eigenvalue weighted by molar-refractivity contribution is 6.32. The van der Waals surface area contributed by atoms with Gasteiger partial charge >= 0.3 is 0 Å². The van der Waals surface area contributed by atoms with Gasteiger partial charge in [-0.2, -0.15) is 0 Å². The fourth-order valence-corrected chi connectivity index (χ4v) is 1.25. The SMILES string of the molecule is CCC(C)c1ccc(O)c(Cl)c1. The highest BCUT2D eigenvalue weighted by Crippen LogP contribution is 2.28. The van der Waals surface area contributed by atoms with Crippen molar-refractivity contribution in [2.45, 2.75) is 26.2 Å². The van der Waals surface area contributed by atoms with E-state index >= 15 is 0 Å². The highest BCUT2D eigenvalue weighted by Gasteiger charge is 2.05. The second-order valence-corrected chi connectivity index (χ2v) is 3.43. The second kappa shape index (κ2) is 3.81. The molecule has 1 nitrogen and oxygen atoms in total. The molecular formula is C10H13ClO. The van der Waals surface area contributed by atoms with Gasteiger partial charge in [0.25, 0.3) is 0 Å². The van der Waals surface area contributed by atoms with Crippen molar-refractivity contribution < 1.29 is 5.11 Å². The van der Waals surface area contributed by atoms with Crippen molar-refractivity contribution in [2.75, 3.05) is 0 Å². The summed E-state index contributed by atoms with van der Waals surface area (Å²) < 4.78 is 0. The summed E-state index contributed by atoms with van der Waals surface area (Å²) in [5.74, 6) is 0.659. The van der Waals surface area contributed by atoms with Crippen LogP contribution in [0.3, 0.4) is 0 Å². The van der Waals surface area contributed by atoms with Crippen molar-refractivity contribution in [1.82, 2.24) is 0 Å². The van der Waals surface area contributed by atoms with Gasteiger partial charge in [-0.15, -0.1) is 0 Å². The minimum atomic E-state index is 0.156. The van der Waals surface area contributed by atoms with Crippen molar-refractivity contribution in [3.05, 3.63) is 28.8 Å². The van der Waals surface area contributed by atoms with Crippen molar-refractivity contribution in [2.24, 2.45) is 0 Å². The Bertz CT molecular complexity index is 271. The zero-order chi connectivity index (χ0) is 9.14. The van der Waals surface area contributed by atoms with Gasteiger partial charge in [-0.1, -0.05) is 31.5 Å². The van der Waals surface area contributed by atoms with Gasteiger partial charge in [-0.3, -0.25) is 0 Å². The fourth-order valence-electron chi connectivity index (χ4n) is 1.07. The van der Waals surface area contributed by atoms with E-state index in [1.807, 2.05) is 12.1 Å². The quantitative estimate of drug-likeness (QED) is 0.745. The number of hydrogen-bond acceptors (Lipinski definition) is 1. The van der Waals surface area contributed by atoms with Crippen LogP contribution >= 0.6 is 11.6 Å². The molecule has 0 aliphatic carbocycles. The molecule has 0 aliphatic rings. The summed E-state index contributed by atoms with van der Waals surface area (Å²) in [6.07, 6.45) is 1.08. The molecule has 66 valence electrons. The topological polar surface area (TPSA) is 20.2 Å². The number of hydrogen-bond donors (Lipinski definition) is 1. The monoisotopic (exact) mass is 184 g/mol. The molecule has 1 rings (SSSR count). The van der Waals surface area contributed by atoms with E-state index in [0.29, 0.717) is 10.9 Å². The van der Waals surface area contributed by atoms with Crippen LogP contribution in [0.25, 0.3) is 0 Å². The highest BCUT2D eigenvalue weighted by atomic mass is 35.5. The molecule has 0 fully saturated rings. The van der Waals surface area contributed by atoms with E-state index in [-0.39, 0.29) is 5.75 Å². The van der Waals surface area contributed by atoms with Gasteiger partial charge in [0.1, 0.15) is 5.75 Å². The Morgan fingerprint density at radius 3 is 2.67 bits per heavy atom. The standard InChI is InChI=1S/C10H13ClO/c1-3-7(2)8-4-5-10(12)9(11)6-8/h4-7,12H,3H2,1-2H3. The molecule has 0 spiro atoms. The van der Waals surface area contributed by atoms with E-state index < -0.39 is 0 Å². The number of halogens is 1. The Hall–Kier alpha value is -0.690. The van der Waals surface area contributed by atoms with Gasteiger partial charge in [0.15, 0.2) is 0 Å². The molecule has 0 bridgehead atoms. The summed E-state index contributed by atoms with van der Waals surface area (Å²) in [6, 6.07) is 5.38. The summed E-state index contributed by atoms with van der Waals surface area (Å²) in [4.78, 5) is 0. The summed E-state index contributed by atoms with van der Waals surface area (Å²) in [6.45, 7) is 4.27. The molecule has 0 amide bonds. The average molecular weight is 185 g/mol. The first-order chi connectivity index (χ1) is 5.65. The molecule has 1 atom stereocenters. The predicted octanol–water partition coefficient (Wildman–Crippen LogP) is 3.56. The number of phenols is 1. The van der Waals surface area contributed by atoms with E-state index in [9.17, 15) is 0 Å². The van der Waals surface area contributed by atoms with E-state index in [1.165, 1.54) is 5.56 Å². The van der Waals surface area contributed by atoms with Crippen LogP contribution in [0.15, 0.2) is 18.2 Å². The zero-order valence-electron chi connectivity index (χ0n) is 7.34. The van der Waals surface area contributed by atoms with Crippen LogP contribution in [0.2, 0.25) is 5.02 Å². The maximum absolute atomic E-state index is 9.17. The lowest BCUT2D eigenvalue weighted by Gasteiger charge is -2.09. The van der Waals surface area contributed by atoms with Crippen LogP contribution in [-0.2, 0) is 0 Å². The lowest BCUT2D eigenvalue weighted by Crippen LogP contribution is -1.90. The number of benzene rings is 1. The lowest BCUT2D eigenvalue weighted by molar-refractivity contribution is 0.475. The summed E-state index contributed by atoms with van der Waals surface area (Å²) in [5.41, 5.74) is 1.18. The fraction of sp³-hybridized carbons (Fsp3) is 0.400. The van der Waals surface area contributed by atoms with Crippen LogP contribution in [0.5, 0.6) is 5.75 Å². The Morgan fingerprint density at radius 2 is 2.17 bits per heavy atom. The van der Waals surface area contributed by atoms with Crippen molar-refractivity contribution in [3.8, 4) is 5.75 Å². The zero-order valence-corrected chi connectivity index (χ0v) is 8.10. The van der Waals surface area contributed by atoms with Gasteiger partial charge in [0.05, 0.1) is 5.02 Å². The second-order valence-electron chi connectivity index (χ2n) is 3.02. The largest absolute Gasteiger partial charge is 0.506 e. The van der Waals surface area contributed by atoms with E-state index in [0.717, 1.165) is 6.42 Å². The first-order valence-corrected chi connectivity index (χ1v) is 4.51. The van der Waals surface area contributed by atoms with Crippen molar-refractivity contribution in [1.29, 1.82) is 0 Å². The lowest BCUT2D eigenvalue weighted by atomic mass is 9.99. The Labute approximate surface area is 78.0 Å². The maximum atomic E-state index is 9.17. The van der Waals surface area contributed by atoms with E-state index in [2.05, 4.69) is 13.8 Å². The number of aromatic hydroxyl groups is 1. The van der Waals surface area contributed by atoms with Gasteiger partial charge in [0.2, 0.25) is 0 Å². The van der Waals surface area contributed by atoms with Gasteiger partial charge in [0, 0.05) is 0 Å². The van der Waals surface area contributed by atoms with Gasteiger partial charge < -0.3 is 5.11 Å². The maximum Gasteiger partial charge on any atom is 0.134 e. The molecule has 2 heteroatoms. The molecule has 0 saturated heterocycles. The molecule has 1 N–H and O–H groups in total. The molecule has 0 aromatic heterocycles. The summed E-state index contributed by atoms with van der Waals surface area (Å²) in [7, 11) is 0. The normalized spacial score (nSPS) is 12.9. The molecule has 0 saturated carbocycles. The Balaban J connectivity index is 2.96. The molecular weight excluding hydrogens is 172 g/mol. The van der Waals surface area contributed by atoms with Gasteiger partial charge in [-0.05, 0) is 30.0 Å². The molecule has 12 heavy (non-hydrogen) atoms. The Morgan fingerprint density at radius 1 is 1.50 bits per heavy atom. The molecule has 1 aromatic carbocycles. The molecule has 1 unspecified atom stereocenters. The molecule has 0 radical (unpaired) electrons. The van der Waals surface area contributed by atoms with Crippen molar-refractivity contribution in [3.63, 3.8) is 0 Å². The smallest absolute Gasteiger partial charge is 0.134 e. The molecule has 1 aromatic rings. The third kappa shape index (κ3) is 1.92. The van der Waals surface area contributed by atoms with E-state index in [1.54, 1.807) is 6.07 Å². The van der Waals surface area contributed by atoms with Crippen LogP contribution in [0, 0.1) is 0 Å². The predicted molar refractivity (Wildman–Crippen MR) is 51.8 cm³/mol. The van der Waals surface area contributed by atoms with Crippen LogP contribution in [0.4, 0.5) is 0 Å². The van der Waals surface area contributed by atoms with Crippen LogP contribution in [-0.4, -0.2) is 5.11 Å². The summed E-state index contributed by atoms with van der Waals surface area (Å²) in [5, 5.41) is 9.60. The summed E-state index contributed by atoms with van der Waals surface area (Å²) >= 11 is 5.76. The van der Waals surface area contributed by atoms with Crippen LogP contribution < -0.4 is 0 Å². The minimum Gasteiger partial charge on any atom is -0.506 e. The average Bonchev–Trinajstić information content (AvgIpc) is 2.08. The first-order valence-electron chi connectivity index (χ1n) is 4.13. The van der Waals surface area contributed by atoms with E-state index in [4.69, 9.17) is 16.7 Å². The van der Waals surface area contributed by atoms with Crippen molar-refractivity contribution >= 4 is 11.6 Å². The first kappa shape index (κ1) is 9.40. The molecule has 0 heterocycles. The number of phenolic OH excluding ortho intramolecular Hbond substituents is 1. The molecule has 0 aliphatic heterocycles. The van der Waals surface area contributed by atoms with Gasteiger partial charge in [-0.25, -0.2) is 0 Å². The third-order valence-corrected chi connectivity index (χ3v) is 2.46. The van der Waals surface area contributed by atoms with Crippen LogP contribution in [0.1, 0.15) is 31.7 Å². The Kier molecular flexibility index (Phi) is 2.99. The minimum absolute atomic E-state index is 0.156.